The van der Waals surface area contributed by atoms with E-state index in [0.717, 1.165) is 11.3 Å². The second-order valence-corrected chi connectivity index (χ2v) is 5.38. The largest absolute Gasteiger partial charge is 0.519 e. The van der Waals surface area contributed by atoms with Crippen molar-refractivity contribution in [2.45, 2.75) is 39.2 Å². The number of para-hydroxylation sites is 1. The molecule has 1 amide bonds. The van der Waals surface area contributed by atoms with Crippen molar-refractivity contribution in [2.75, 3.05) is 6.54 Å². The number of likely N-dealkylation sites (N-methyl/N-ethyl adjacent to an activating group) is 1. The zero-order valence-electron chi connectivity index (χ0n) is 10.9. The third-order valence-corrected chi connectivity index (χ3v) is 4.57. The molecule has 0 saturated carbocycles. The predicted molar refractivity (Wildman–Crippen MR) is 69.3 cm³/mol. The maximum atomic E-state index is 11.8. The first-order chi connectivity index (χ1) is 7.89. The number of carbonyl (C=O) groups is 1. The van der Waals surface area contributed by atoms with Crippen LogP contribution < -0.4 is 4.48 Å². The van der Waals surface area contributed by atoms with Gasteiger partial charge in [0.1, 0.15) is 11.7 Å². The highest BCUT2D eigenvalue weighted by Gasteiger charge is 2.58. The third kappa shape index (κ3) is 1.29. The average molecular weight is 234 g/mol. The molecule has 2 rings (SSSR count). The second-order valence-electron chi connectivity index (χ2n) is 5.38. The van der Waals surface area contributed by atoms with Crippen LogP contribution in [-0.2, 0) is 5.41 Å². The van der Waals surface area contributed by atoms with E-state index in [1.165, 1.54) is 0 Å². The van der Waals surface area contributed by atoms with Crippen LogP contribution in [0.15, 0.2) is 24.3 Å². The van der Waals surface area contributed by atoms with E-state index in [-0.39, 0.29) is 15.9 Å². The van der Waals surface area contributed by atoms with Gasteiger partial charge in [-0.2, -0.15) is 9.28 Å². The summed E-state index contributed by atoms with van der Waals surface area (Å²) in [6.07, 6.45) is -0.752. The van der Waals surface area contributed by atoms with Crippen LogP contribution in [0.1, 0.15) is 33.3 Å². The van der Waals surface area contributed by atoms with Crippen molar-refractivity contribution in [3.05, 3.63) is 29.8 Å². The van der Waals surface area contributed by atoms with Crippen molar-refractivity contribution in [1.82, 2.24) is 4.48 Å². The molecule has 1 heterocycles. The molecule has 92 valence electrons. The summed E-state index contributed by atoms with van der Waals surface area (Å²) in [4.78, 5) is 11.8. The minimum atomic E-state index is -0.752. The molecule has 0 radical (unpaired) electrons. The van der Waals surface area contributed by atoms with Crippen LogP contribution in [0.2, 0.25) is 0 Å². The average Bonchev–Trinajstić information content (AvgIpc) is 2.47. The Morgan fingerprint density at radius 2 is 2.00 bits per heavy atom. The van der Waals surface area contributed by atoms with Gasteiger partial charge in [0, 0.05) is 17.0 Å². The number of amides is 1. The zero-order valence-corrected chi connectivity index (χ0v) is 10.9. The van der Waals surface area contributed by atoms with E-state index in [4.69, 9.17) is 0 Å². The summed E-state index contributed by atoms with van der Waals surface area (Å²) in [7, 11) is 0. The number of benzene rings is 1. The Morgan fingerprint density at radius 3 is 2.53 bits per heavy atom. The molecule has 3 heteroatoms. The Balaban J connectivity index is 2.76. The minimum absolute atomic E-state index is 0.0439. The topological polar surface area (TPSA) is 37.3 Å². The van der Waals surface area contributed by atoms with Gasteiger partial charge in [0.05, 0.1) is 6.54 Å². The normalized spacial score (nSPS) is 30.0. The van der Waals surface area contributed by atoms with Gasteiger partial charge in [0.25, 0.3) is 0 Å². The number of nitrogens with zero attached hydrogens (tertiary/aromatic N) is 1. The first-order valence-corrected chi connectivity index (χ1v) is 6.10. The van der Waals surface area contributed by atoms with Gasteiger partial charge in [-0.05, 0) is 27.7 Å². The molecule has 0 bridgehead atoms. The summed E-state index contributed by atoms with van der Waals surface area (Å²) in [6, 6.07) is 7.98. The van der Waals surface area contributed by atoms with Gasteiger partial charge in [-0.1, -0.05) is 18.2 Å². The van der Waals surface area contributed by atoms with Crippen LogP contribution in [0, 0.1) is 0 Å². The van der Waals surface area contributed by atoms with Crippen molar-refractivity contribution in [3.8, 4) is 0 Å². The van der Waals surface area contributed by atoms with Gasteiger partial charge in [-0.3, -0.25) is 0 Å². The molecule has 1 N–H and O–H groups in total. The first kappa shape index (κ1) is 12.1. The summed E-state index contributed by atoms with van der Waals surface area (Å²) >= 11 is 0. The molecule has 1 aromatic carbocycles. The molecule has 0 spiro atoms. The molecule has 17 heavy (non-hydrogen) atoms. The number of quaternary nitrogens is 1. The quantitative estimate of drug-likeness (QED) is 0.756. The van der Waals surface area contributed by atoms with Crippen molar-refractivity contribution in [1.29, 1.82) is 0 Å². The van der Waals surface area contributed by atoms with E-state index in [1.54, 1.807) is 0 Å². The Bertz CT molecular complexity index is 467. The Kier molecular flexibility index (Phi) is 2.54. The van der Waals surface area contributed by atoms with Crippen LogP contribution >= 0.6 is 0 Å². The third-order valence-electron chi connectivity index (χ3n) is 4.57. The van der Waals surface area contributed by atoms with E-state index in [9.17, 15) is 9.90 Å². The van der Waals surface area contributed by atoms with Gasteiger partial charge in [0.15, 0.2) is 0 Å². The second kappa shape index (κ2) is 3.57. The smallest absolute Gasteiger partial charge is 0.435 e. The minimum Gasteiger partial charge on any atom is -0.435 e. The van der Waals surface area contributed by atoms with E-state index in [2.05, 4.69) is 19.9 Å². The van der Waals surface area contributed by atoms with E-state index in [0.29, 0.717) is 6.54 Å². The number of carboxylic acid groups (broad SMARTS) is 1. The molecular formula is C14H20NO2+. The van der Waals surface area contributed by atoms with Crippen LogP contribution in [0.5, 0.6) is 0 Å². The molecule has 0 aromatic heterocycles. The molecule has 2 unspecified atom stereocenters. The lowest BCUT2D eigenvalue weighted by Crippen LogP contribution is -2.60. The lowest BCUT2D eigenvalue weighted by molar-refractivity contribution is 0.125. The number of fused-ring (bicyclic) bond motifs is 1. The highest BCUT2D eigenvalue weighted by Crippen LogP contribution is 2.49. The number of hydrogen-bond acceptors (Lipinski definition) is 1. The van der Waals surface area contributed by atoms with Crippen molar-refractivity contribution >= 4 is 11.8 Å². The fourth-order valence-electron chi connectivity index (χ4n) is 3.20. The van der Waals surface area contributed by atoms with Crippen molar-refractivity contribution in [2.24, 2.45) is 0 Å². The lowest BCUT2D eigenvalue weighted by Gasteiger charge is -2.35. The van der Waals surface area contributed by atoms with E-state index >= 15 is 0 Å². The fraction of sp³-hybridized carbons (Fsp3) is 0.500. The van der Waals surface area contributed by atoms with Gasteiger partial charge in [-0.25, -0.2) is 0 Å². The van der Waals surface area contributed by atoms with Crippen LogP contribution in [0.25, 0.3) is 0 Å². The SMILES string of the molecule is CC[N+]1(C(=O)O)c2ccccc2C(C)(C)C1C. The van der Waals surface area contributed by atoms with Crippen LogP contribution in [0.3, 0.4) is 0 Å². The standard InChI is InChI=1S/C14H19NO2/c1-5-15(13(16)17)10(2)14(3,4)11-8-6-7-9-12(11)15/h6-10H,5H2,1-4H3/p+1. The van der Waals surface area contributed by atoms with Crippen molar-refractivity contribution in [3.63, 3.8) is 0 Å². The number of hydrogen-bond donors (Lipinski definition) is 1. The maximum Gasteiger partial charge on any atom is 0.519 e. The maximum absolute atomic E-state index is 11.8. The molecule has 1 aliphatic rings. The molecule has 0 aliphatic carbocycles. The van der Waals surface area contributed by atoms with Crippen molar-refractivity contribution < 1.29 is 9.90 Å². The molecule has 0 fully saturated rings. The molecule has 0 saturated heterocycles. The molecule has 1 aliphatic heterocycles. The molecular weight excluding hydrogens is 214 g/mol. The summed E-state index contributed by atoms with van der Waals surface area (Å²) in [5.41, 5.74) is 2.00. The van der Waals surface area contributed by atoms with Crippen LogP contribution in [-0.4, -0.2) is 23.8 Å². The predicted octanol–water partition coefficient (Wildman–Crippen LogP) is 3.37. The lowest BCUT2D eigenvalue weighted by atomic mass is 9.81. The summed E-state index contributed by atoms with van der Waals surface area (Å²) in [5, 5.41) is 9.69. The van der Waals surface area contributed by atoms with Gasteiger partial charge < -0.3 is 5.11 Å². The monoisotopic (exact) mass is 234 g/mol. The summed E-state index contributed by atoms with van der Waals surface area (Å²) in [5.74, 6) is 0. The van der Waals surface area contributed by atoms with Gasteiger partial charge in [-0.15, -0.1) is 0 Å². The highest BCUT2D eigenvalue weighted by atomic mass is 16.4. The highest BCUT2D eigenvalue weighted by molar-refractivity contribution is 5.85. The summed E-state index contributed by atoms with van der Waals surface area (Å²) < 4.78 is 0.0448. The molecule has 1 aromatic rings. The Labute approximate surface area is 102 Å². The molecule has 3 nitrogen and oxygen atoms in total. The van der Waals surface area contributed by atoms with Crippen LogP contribution in [0.4, 0.5) is 10.5 Å². The zero-order chi connectivity index (χ0) is 12.8. The first-order valence-electron chi connectivity index (χ1n) is 6.10. The fourth-order valence-corrected chi connectivity index (χ4v) is 3.20. The van der Waals surface area contributed by atoms with Gasteiger partial charge in [0.2, 0.25) is 0 Å². The van der Waals surface area contributed by atoms with E-state index < -0.39 is 6.09 Å². The summed E-state index contributed by atoms with van der Waals surface area (Å²) in [6.45, 7) is 8.83. The number of rotatable bonds is 1. The van der Waals surface area contributed by atoms with Gasteiger partial charge >= 0.3 is 6.09 Å². The van der Waals surface area contributed by atoms with E-state index in [1.807, 2.05) is 32.0 Å². The molecule has 2 atom stereocenters. The Morgan fingerprint density at radius 1 is 1.41 bits per heavy atom. The Hall–Kier alpha value is -1.35.